The van der Waals surface area contributed by atoms with E-state index in [9.17, 15) is 26.3 Å². The lowest BCUT2D eigenvalue weighted by Gasteiger charge is -2.38. The van der Waals surface area contributed by atoms with Crippen LogP contribution >= 0.6 is 0 Å². The van der Waals surface area contributed by atoms with Crippen LogP contribution in [-0.4, -0.2) is 76.7 Å². The Morgan fingerprint density at radius 2 is 0.839 bits per heavy atom. The van der Waals surface area contributed by atoms with Crippen LogP contribution in [0.15, 0.2) is 84.9 Å². The van der Waals surface area contributed by atoms with E-state index < -0.39 is 28.9 Å². The van der Waals surface area contributed by atoms with Crippen molar-refractivity contribution in [3.63, 3.8) is 0 Å². The molecule has 0 fully saturated rings. The molecule has 0 heterocycles. The molecule has 0 N–H and O–H groups in total. The van der Waals surface area contributed by atoms with Crippen LogP contribution in [0.4, 0.5) is 26.3 Å². The maximum atomic E-state index is 14.9. The van der Waals surface area contributed by atoms with Gasteiger partial charge in [-0.25, -0.2) is 0 Å². The third kappa shape index (κ3) is 9.39. The first-order valence-corrected chi connectivity index (χ1v) is 20.3. The van der Waals surface area contributed by atoms with Crippen molar-refractivity contribution < 1.29 is 35.3 Å². The lowest BCUT2D eigenvalue weighted by molar-refractivity contribution is -0.870. The predicted molar refractivity (Wildman–Crippen MR) is 219 cm³/mol. The molecule has 0 bridgehead atoms. The van der Waals surface area contributed by atoms with Gasteiger partial charge in [-0.2, -0.15) is 26.3 Å². The molecule has 56 heavy (non-hydrogen) atoms. The standard InChI is InChI=1S/C48H62F6N2/c1-35-17-23-39(24-18-35)46(47(49,50)51,48(52,53)54)40-25-20-37(21-26-40)38-22-28-42-41-27-19-36(2)33-43(41)45(44(42)34-38,29-13-9-11-15-31-55(3,4)5)30-14-10-12-16-32-56(6,7)8/h17-28,33-34H,9-16,29-32H2,1-8H3/q+2. The smallest absolute Gasteiger partial charge is 0.331 e. The van der Waals surface area contributed by atoms with Crippen LogP contribution in [0.2, 0.25) is 0 Å². The van der Waals surface area contributed by atoms with Gasteiger partial charge >= 0.3 is 12.4 Å². The number of alkyl halides is 6. The molecule has 0 amide bonds. The number of unbranched alkanes of at least 4 members (excludes halogenated alkanes) is 6. The van der Waals surface area contributed by atoms with Gasteiger partial charge in [-0.05, 0) is 103 Å². The van der Waals surface area contributed by atoms with E-state index in [1.165, 1.54) is 64.9 Å². The van der Waals surface area contributed by atoms with E-state index in [-0.39, 0.29) is 5.41 Å². The first-order valence-electron chi connectivity index (χ1n) is 20.3. The molecule has 0 saturated heterocycles. The third-order valence-corrected chi connectivity index (χ3v) is 11.9. The summed E-state index contributed by atoms with van der Waals surface area (Å²) in [5.41, 5.74) is 2.00. The number of fused-ring (bicyclic) bond motifs is 3. The first-order chi connectivity index (χ1) is 26.1. The molecule has 4 aromatic carbocycles. The van der Waals surface area contributed by atoms with Crippen molar-refractivity contribution in [3.05, 3.63) is 118 Å². The molecule has 0 radical (unpaired) electrons. The summed E-state index contributed by atoms with van der Waals surface area (Å²) in [6.07, 6.45) is -0.224. The second-order valence-corrected chi connectivity index (χ2v) is 18.4. The van der Waals surface area contributed by atoms with Crippen LogP contribution in [0.25, 0.3) is 22.3 Å². The maximum Gasteiger partial charge on any atom is 0.411 e. The largest absolute Gasteiger partial charge is 0.411 e. The average Bonchev–Trinajstić information content (AvgIpc) is 3.35. The van der Waals surface area contributed by atoms with E-state index in [4.69, 9.17) is 0 Å². The molecule has 0 aliphatic heterocycles. The van der Waals surface area contributed by atoms with Crippen molar-refractivity contribution in [1.29, 1.82) is 0 Å². The number of quaternary nitrogens is 2. The van der Waals surface area contributed by atoms with Crippen LogP contribution in [-0.2, 0) is 10.8 Å². The molecular formula is C48H62F6N2+2. The van der Waals surface area contributed by atoms with E-state index in [1.54, 1.807) is 6.92 Å². The van der Waals surface area contributed by atoms with Crippen LogP contribution in [0.5, 0.6) is 0 Å². The molecule has 0 atom stereocenters. The first kappa shape index (κ1) is 43.5. The Balaban J connectivity index is 1.54. The van der Waals surface area contributed by atoms with Gasteiger partial charge in [0.05, 0.1) is 55.4 Å². The lowest BCUT2D eigenvalue weighted by atomic mass is 9.70. The SMILES string of the molecule is Cc1ccc(C(c2ccc(-c3ccc4c(c3)C(CCCCCC[N+](C)(C)C)(CCCCCC[N+](C)(C)C)c3cc(C)ccc3-4)cc2)(C(F)(F)F)C(F)(F)F)cc1. The number of hydrogen-bond donors (Lipinski definition) is 0. The highest BCUT2D eigenvalue weighted by molar-refractivity contribution is 5.84. The third-order valence-electron chi connectivity index (χ3n) is 11.9. The molecular weight excluding hydrogens is 719 g/mol. The Morgan fingerprint density at radius 1 is 0.446 bits per heavy atom. The molecule has 8 heteroatoms. The van der Waals surface area contributed by atoms with Crippen molar-refractivity contribution in [1.82, 2.24) is 0 Å². The molecule has 1 aliphatic carbocycles. The number of nitrogens with zero attached hydrogens (tertiary/aromatic N) is 2. The zero-order chi connectivity index (χ0) is 41.2. The highest BCUT2D eigenvalue weighted by atomic mass is 19.4. The van der Waals surface area contributed by atoms with Crippen molar-refractivity contribution in [2.24, 2.45) is 0 Å². The van der Waals surface area contributed by atoms with Gasteiger partial charge in [0.25, 0.3) is 0 Å². The summed E-state index contributed by atoms with van der Waals surface area (Å²) in [5, 5.41) is 0. The number of halogens is 6. The van der Waals surface area contributed by atoms with Crippen molar-refractivity contribution in [2.75, 3.05) is 55.4 Å². The van der Waals surface area contributed by atoms with Gasteiger partial charge in [-0.1, -0.05) is 116 Å². The highest BCUT2D eigenvalue weighted by Crippen LogP contribution is 2.57. The van der Waals surface area contributed by atoms with Crippen molar-refractivity contribution >= 4 is 0 Å². The number of benzene rings is 4. The minimum absolute atomic E-state index is 0.236. The molecule has 2 nitrogen and oxygen atoms in total. The van der Waals surface area contributed by atoms with Gasteiger partial charge in [0, 0.05) is 5.41 Å². The number of hydrogen-bond acceptors (Lipinski definition) is 0. The van der Waals surface area contributed by atoms with Crippen LogP contribution in [0.1, 0.15) is 97.6 Å². The van der Waals surface area contributed by atoms with E-state index in [0.29, 0.717) is 11.1 Å². The quantitative estimate of drug-likeness (QED) is 0.0569. The summed E-state index contributed by atoms with van der Waals surface area (Å²) in [5.74, 6) is 0. The number of rotatable bonds is 17. The minimum atomic E-state index is -5.63. The molecule has 0 saturated carbocycles. The fraction of sp³-hybridized carbons (Fsp3) is 0.500. The fourth-order valence-electron chi connectivity index (χ4n) is 8.88. The van der Waals surface area contributed by atoms with Crippen molar-refractivity contribution in [3.8, 4) is 22.3 Å². The van der Waals surface area contributed by atoms with Gasteiger partial charge in [-0.15, -0.1) is 0 Å². The second kappa shape index (κ2) is 16.7. The van der Waals surface area contributed by atoms with E-state index in [0.717, 1.165) is 103 Å². The van der Waals surface area contributed by atoms with E-state index in [2.05, 4.69) is 79.5 Å². The molecule has 4 aromatic rings. The Hall–Kier alpha value is -3.62. The summed E-state index contributed by atoms with van der Waals surface area (Å²) < 4.78 is 91.2. The Bertz CT molecular complexity index is 1870. The Labute approximate surface area is 331 Å². The maximum absolute atomic E-state index is 14.9. The molecule has 304 valence electrons. The van der Waals surface area contributed by atoms with Gasteiger partial charge < -0.3 is 8.97 Å². The van der Waals surface area contributed by atoms with Crippen LogP contribution < -0.4 is 0 Å². The van der Waals surface area contributed by atoms with Gasteiger partial charge in [0.1, 0.15) is 0 Å². The summed E-state index contributed by atoms with van der Waals surface area (Å²) >= 11 is 0. The van der Waals surface area contributed by atoms with E-state index >= 15 is 0 Å². The second-order valence-electron chi connectivity index (χ2n) is 18.4. The van der Waals surface area contributed by atoms with Crippen molar-refractivity contribution in [2.45, 2.75) is 101 Å². The molecule has 0 unspecified atom stereocenters. The number of aryl methyl sites for hydroxylation is 2. The van der Waals surface area contributed by atoms with Gasteiger partial charge in [0.15, 0.2) is 0 Å². The molecule has 0 spiro atoms. The van der Waals surface area contributed by atoms with Crippen LogP contribution in [0.3, 0.4) is 0 Å². The zero-order valence-electron chi connectivity index (χ0n) is 34.7. The fourth-order valence-corrected chi connectivity index (χ4v) is 8.88. The summed E-state index contributed by atoms with van der Waals surface area (Å²) in [6, 6.07) is 22.3. The zero-order valence-corrected chi connectivity index (χ0v) is 34.7. The monoisotopic (exact) mass is 780 g/mol. The van der Waals surface area contributed by atoms with Gasteiger partial charge in [-0.3, -0.25) is 0 Å². The van der Waals surface area contributed by atoms with Gasteiger partial charge in [0.2, 0.25) is 5.41 Å². The highest BCUT2D eigenvalue weighted by Gasteiger charge is 2.72. The predicted octanol–water partition coefficient (Wildman–Crippen LogP) is 13.0. The summed E-state index contributed by atoms with van der Waals surface area (Å²) in [6.45, 7) is 6.02. The normalized spacial score (nSPS) is 14.5. The van der Waals surface area contributed by atoms with Crippen LogP contribution in [0, 0.1) is 13.8 Å². The summed E-state index contributed by atoms with van der Waals surface area (Å²) in [4.78, 5) is 0. The topological polar surface area (TPSA) is 0 Å². The Kier molecular flexibility index (Phi) is 13.0. The summed E-state index contributed by atoms with van der Waals surface area (Å²) in [7, 11) is 13.3. The lowest BCUT2D eigenvalue weighted by Crippen LogP contribution is -2.54. The molecule has 1 aliphatic rings. The van der Waals surface area contributed by atoms with E-state index in [1.807, 2.05) is 6.07 Å². The Morgan fingerprint density at radius 3 is 1.30 bits per heavy atom. The molecule has 0 aromatic heterocycles. The average molecular weight is 781 g/mol. The molecule has 5 rings (SSSR count). The minimum Gasteiger partial charge on any atom is -0.331 e.